The Hall–Kier alpha value is -1.05. The van der Waals surface area contributed by atoms with Crippen molar-refractivity contribution >= 4 is 23.2 Å². The molecule has 0 aliphatic rings. The van der Waals surface area contributed by atoms with Crippen LogP contribution >= 0.6 is 23.2 Å². The molecule has 0 aliphatic carbocycles. The minimum Gasteiger partial charge on any atom is -0.206 e. The zero-order valence-corrected chi connectivity index (χ0v) is 12.6. The predicted molar refractivity (Wildman–Crippen MR) is 79.8 cm³/mol. The van der Waals surface area contributed by atoms with Crippen molar-refractivity contribution < 1.29 is 4.39 Å². The van der Waals surface area contributed by atoms with Crippen molar-refractivity contribution in [1.29, 1.82) is 0 Å². The molecule has 0 saturated carbocycles. The highest BCUT2D eigenvalue weighted by molar-refractivity contribution is 6.33. The number of rotatable bonds is 2. The van der Waals surface area contributed by atoms with Gasteiger partial charge in [-0.05, 0) is 54.7 Å². The molecule has 0 aliphatic heterocycles. The van der Waals surface area contributed by atoms with Crippen LogP contribution in [0.1, 0.15) is 33.2 Å². The second-order valence-electron chi connectivity index (χ2n) is 4.86. The summed E-state index contributed by atoms with van der Waals surface area (Å²) in [5.74, 6) is -0.178. The molecule has 1 unspecified atom stereocenters. The van der Waals surface area contributed by atoms with Crippen molar-refractivity contribution in [2.75, 3.05) is 0 Å². The molecule has 100 valence electrons. The Balaban J connectivity index is 2.47. The third-order valence-electron chi connectivity index (χ3n) is 3.18. The summed E-state index contributed by atoms with van der Waals surface area (Å²) in [6.07, 6.45) is 0. The van der Waals surface area contributed by atoms with Crippen LogP contribution in [0.4, 0.5) is 4.39 Å². The van der Waals surface area contributed by atoms with E-state index in [2.05, 4.69) is 0 Å². The van der Waals surface area contributed by atoms with E-state index in [4.69, 9.17) is 23.2 Å². The molecule has 2 aromatic rings. The Bertz CT molecular complexity index is 597. The van der Waals surface area contributed by atoms with Crippen LogP contribution in [0, 0.1) is 26.6 Å². The molecule has 0 radical (unpaired) electrons. The molecule has 0 N–H and O–H groups in total. The Labute approximate surface area is 123 Å². The molecule has 0 spiro atoms. The zero-order chi connectivity index (χ0) is 14.2. The smallest absolute Gasteiger partial charge is 0.129 e. The van der Waals surface area contributed by atoms with Gasteiger partial charge < -0.3 is 0 Å². The van der Waals surface area contributed by atoms with Gasteiger partial charge >= 0.3 is 0 Å². The molecule has 0 bridgehead atoms. The second-order valence-corrected chi connectivity index (χ2v) is 5.70. The average molecular weight is 297 g/mol. The molecule has 2 rings (SSSR count). The second kappa shape index (κ2) is 5.52. The van der Waals surface area contributed by atoms with Gasteiger partial charge in [0.2, 0.25) is 0 Å². The summed E-state index contributed by atoms with van der Waals surface area (Å²) in [5.41, 5.74) is 4.00. The lowest BCUT2D eigenvalue weighted by Gasteiger charge is -2.15. The van der Waals surface area contributed by atoms with E-state index in [0.717, 1.165) is 16.7 Å². The van der Waals surface area contributed by atoms with Crippen molar-refractivity contribution in [3.63, 3.8) is 0 Å². The maximum absolute atomic E-state index is 13.6. The van der Waals surface area contributed by atoms with Gasteiger partial charge in [0.1, 0.15) is 5.82 Å². The fraction of sp³-hybridized carbons (Fsp3) is 0.250. The quantitative estimate of drug-likeness (QED) is 0.621. The normalized spacial score (nSPS) is 12.5. The van der Waals surface area contributed by atoms with Gasteiger partial charge in [-0.15, -0.1) is 11.6 Å². The summed E-state index contributed by atoms with van der Waals surface area (Å²) >= 11 is 12.7. The van der Waals surface area contributed by atoms with Gasteiger partial charge in [-0.1, -0.05) is 35.9 Å². The summed E-state index contributed by atoms with van der Waals surface area (Å²) < 4.78 is 13.6. The van der Waals surface area contributed by atoms with E-state index in [1.54, 1.807) is 26.0 Å². The fourth-order valence-electron chi connectivity index (χ4n) is 2.14. The van der Waals surface area contributed by atoms with E-state index in [1.165, 1.54) is 0 Å². The number of aryl methyl sites for hydroxylation is 3. The third-order valence-corrected chi connectivity index (χ3v) is 3.99. The van der Waals surface area contributed by atoms with Crippen LogP contribution in [0.15, 0.2) is 30.3 Å². The van der Waals surface area contributed by atoms with Gasteiger partial charge in [-0.25, -0.2) is 4.39 Å². The molecule has 0 heterocycles. The standard InChI is InChI=1S/C16H15Cl2F/c1-9-4-5-13(14(17)6-9)15(18)12-7-10(2)16(19)11(3)8-12/h4-8,15H,1-3H3. The molecule has 0 aromatic heterocycles. The average Bonchev–Trinajstić information content (AvgIpc) is 2.34. The molecule has 0 fully saturated rings. The van der Waals surface area contributed by atoms with Crippen LogP contribution in [-0.2, 0) is 0 Å². The lowest BCUT2D eigenvalue weighted by molar-refractivity contribution is 0.608. The summed E-state index contributed by atoms with van der Waals surface area (Å²) in [4.78, 5) is 0. The minimum atomic E-state index is -0.369. The highest BCUT2D eigenvalue weighted by Crippen LogP contribution is 2.35. The largest absolute Gasteiger partial charge is 0.206 e. The first-order chi connectivity index (χ1) is 8.90. The van der Waals surface area contributed by atoms with E-state index in [-0.39, 0.29) is 11.2 Å². The number of hydrogen-bond donors (Lipinski definition) is 0. The Morgan fingerprint density at radius 2 is 1.58 bits per heavy atom. The topological polar surface area (TPSA) is 0 Å². The van der Waals surface area contributed by atoms with Gasteiger partial charge in [0.25, 0.3) is 0 Å². The van der Waals surface area contributed by atoms with E-state index in [1.807, 2.05) is 25.1 Å². The number of halogens is 3. The maximum atomic E-state index is 13.6. The molecule has 3 heteroatoms. The van der Waals surface area contributed by atoms with Crippen molar-refractivity contribution in [2.24, 2.45) is 0 Å². The van der Waals surface area contributed by atoms with Crippen molar-refractivity contribution in [1.82, 2.24) is 0 Å². The van der Waals surface area contributed by atoms with Crippen molar-refractivity contribution in [2.45, 2.75) is 26.1 Å². The summed E-state index contributed by atoms with van der Waals surface area (Å²) in [7, 11) is 0. The summed E-state index contributed by atoms with van der Waals surface area (Å²) in [5, 5.41) is 0.269. The van der Waals surface area contributed by atoms with Gasteiger partial charge in [-0.3, -0.25) is 0 Å². The van der Waals surface area contributed by atoms with Crippen LogP contribution in [0.5, 0.6) is 0 Å². The molecule has 0 saturated heterocycles. The van der Waals surface area contributed by atoms with Gasteiger partial charge in [0.05, 0.1) is 5.38 Å². The van der Waals surface area contributed by atoms with Gasteiger partial charge in [0, 0.05) is 5.02 Å². The molecular formula is C16H15Cl2F. The highest BCUT2D eigenvalue weighted by atomic mass is 35.5. The SMILES string of the molecule is Cc1ccc(C(Cl)c2cc(C)c(F)c(C)c2)c(Cl)c1. The van der Waals surface area contributed by atoms with Gasteiger partial charge in [-0.2, -0.15) is 0 Å². The van der Waals surface area contributed by atoms with Crippen LogP contribution in [0.3, 0.4) is 0 Å². The minimum absolute atomic E-state index is 0.178. The predicted octanol–water partition coefficient (Wildman–Crippen LogP) is 5.73. The summed E-state index contributed by atoms with van der Waals surface area (Å²) in [6.45, 7) is 5.46. The Kier molecular flexibility index (Phi) is 4.17. The van der Waals surface area contributed by atoms with E-state index < -0.39 is 0 Å². The van der Waals surface area contributed by atoms with E-state index >= 15 is 0 Å². The first-order valence-corrected chi connectivity index (χ1v) is 6.88. The lowest BCUT2D eigenvalue weighted by atomic mass is 9.99. The van der Waals surface area contributed by atoms with Gasteiger partial charge in [0.15, 0.2) is 0 Å². The Morgan fingerprint density at radius 3 is 2.11 bits per heavy atom. The Morgan fingerprint density at radius 1 is 1.00 bits per heavy atom. The van der Waals surface area contributed by atoms with Crippen LogP contribution in [0.25, 0.3) is 0 Å². The first kappa shape index (κ1) is 14.4. The van der Waals surface area contributed by atoms with Crippen molar-refractivity contribution in [3.05, 3.63) is 69.0 Å². The first-order valence-electron chi connectivity index (χ1n) is 6.07. The maximum Gasteiger partial charge on any atom is 0.129 e. The summed E-state index contributed by atoms with van der Waals surface area (Å²) in [6, 6.07) is 9.32. The zero-order valence-electron chi connectivity index (χ0n) is 11.1. The number of hydrogen-bond acceptors (Lipinski definition) is 0. The van der Waals surface area contributed by atoms with Crippen LogP contribution < -0.4 is 0 Å². The van der Waals surface area contributed by atoms with Crippen LogP contribution in [0.2, 0.25) is 5.02 Å². The van der Waals surface area contributed by atoms with E-state index in [9.17, 15) is 4.39 Å². The van der Waals surface area contributed by atoms with Crippen molar-refractivity contribution in [3.8, 4) is 0 Å². The molecule has 19 heavy (non-hydrogen) atoms. The van der Waals surface area contributed by atoms with E-state index in [0.29, 0.717) is 16.1 Å². The molecule has 0 amide bonds. The number of alkyl halides is 1. The highest BCUT2D eigenvalue weighted by Gasteiger charge is 2.16. The number of benzene rings is 2. The third kappa shape index (κ3) is 2.93. The molecular weight excluding hydrogens is 282 g/mol. The monoisotopic (exact) mass is 296 g/mol. The molecule has 2 aromatic carbocycles. The fourth-order valence-corrected chi connectivity index (χ4v) is 2.86. The molecule has 1 atom stereocenters. The molecule has 0 nitrogen and oxygen atoms in total. The van der Waals surface area contributed by atoms with Crippen LogP contribution in [-0.4, -0.2) is 0 Å². The lowest BCUT2D eigenvalue weighted by Crippen LogP contribution is -1.98.